The second-order valence-corrected chi connectivity index (χ2v) is 4.57. The third kappa shape index (κ3) is 3.82. The molecular formula is C14H15ClN4O2. The number of aromatic nitrogens is 2. The topological polar surface area (TPSA) is 90.1 Å². The number of carbonyl (C=O) groups excluding carboxylic acids is 1. The van der Waals surface area contributed by atoms with Crippen molar-refractivity contribution in [1.82, 2.24) is 9.97 Å². The molecule has 21 heavy (non-hydrogen) atoms. The predicted octanol–water partition coefficient (Wildman–Crippen LogP) is 2.50. The van der Waals surface area contributed by atoms with E-state index in [1.807, 2.05) is 12.1 Å². The minimum Gasteiger partial charge on any atom is -0.462 e. The van der Waals surface area contributed by atoms with Crippen LogP contribution in [0.5, 0.6) is 0 Å². The maximum absolute atomic E-state index is 11.5. The van der Waals surface area contributed by atoms with E-state index in [-0.39, 0.29) is 11.8 Å². The quantitative estimate of drug-likeness (QED) is 0.825. The smallest absolute Gasteiger partial charge is 0.338 e. The minimum atomic E-state index is -0.330. The average molecular weight is 307 g/mol. The molecule has 0 bridgehead atoms. The van der Waals surface area contributed by atoms with Crippen molar-refractivity contribution in [1.29, 1.82) is 0 Å². The molecule has 2 aromatic rings. The van der Waals surface area contributed by atoms with Crippen molar-refractivity contribution in [3.05, 3.63) is 46.7 Å². The Morgan fingerprint density at radius 3 is 2.71 bits per heavy atom. The van der Waals surface area contributed by atoms with Crippen molar-refractivity contribution in [2.24, 2.45) is 0 Å². The number of rotatable bonds is 5. The summed E-state index contributed by atoms with van der Waals surface area (Å²) >= 11 is 5.99. The summed E-state index contributed by atoms with van der Waals surface area (Å²) < 4.78 is 4.92. The normalized spacial score (nSPS) is 10.2. The SMILES string of the molecule is CCOC(=O)c1ccc(CNc2ncnc(N)c2Cl)cc1. The van der Waals surface area contributed by atoms with E-state index in [0.29, 0.717) is 29.6 Å². The van der Waals surface area contributed by atoms with Crippen LogP contribution in [-0.2, 0) is 11.3 Å². The lowest BCUT2D eigenvalue weighted by molar-refractivity contribution is 0.0526. The van der Waals surface area contributed by atoms with Gasteiger partial charge >= 0.3 is 5.97 Å². The summed E-state index contributed by atoms with van der Waals surface area (Å²) in [7, 11) is 0. The number of ether oxygens (including phenoxy) is 1. The largest absolute Gasteiger partial charge is 0.462 e. The van der Waals surface area contributed by atoms with Crippen LogP contribution in [0.1, 0.15) is 22.8 Å². The van der Waals surface area contributed by atoms with Crippen LogP contribution in [0.3, 0.4) is 0 Å². The molecule has 0 aliphatic heterocycles. The highest BCUT2D eigenvalue weighted by Gasteiger charge is 2.07. The molecule has 0 spiro atoms. The molecule has 0 unspecified atom stereocenters. The first kappa shape index (κ1) is 15.1. The lowest BCUT2D eigenvalue weighted by Crippen LogP contribution is -2.06. The fourth-order valence-corrected chi connectivity index (χ4v) is 1.83. The van der Waals surface area contributed by atoms with Gasteiger partial charge in [-0.2, -0.15) is 0 Å². The molecule has 1 heterocycles. The molecule has 0 fully saturated rings. The monoisotopic (exact) mass is 306 g/mol. The van der Waals surface area contributed by atoms with Crippen molar-refractivity contribution in [3.63, 3.8) is 0 Å². The van der Waals surface area contributed by atoms with Gasteiger partial charge in [0.15, 0.2) is 5.82 Å². The van der Waals surface area contributed by atoms with Gasteiger partial charge in [0.1, 0.15) is 17.2 Å². The van der Waals surface area contributed by atoms with Gasteiger partial charge in [-0.25, -0.2) is 14.8 Å². The van der Waals surface area contributed by atoms with Crippen molar-refractivity contribution < 1.29 is 9.53 Å². The molecule has 2 rings (SSSR count). The first-order valence-corrected chi connectivity index (χ1v) is 6.75. The summed E-state index contributed by atoms with van der Waals surface area (Å²) in [6, 6.07) is 7.09. The van der Waals surface area contributed by atoms with Gasteiger partial charge in [-0.15, -0.1) is 0 Å². The standard InChI is InChI=1S/C14H15ClN4O2/c1-2-21-14(20)10-5-3-9(4-6-10)7-17-13-11(15)12(16)18-8-19-13/h3-6,8H,2,7H2,1H3,(H3,16,17,18,19). The van der Waals surface area contributed by atoms with Crippen LogP contribution >= 0.6 is 11.6 Å². The molecule has 0 radical (unpaired) electrons. The number of nitrogen functional groups attached to an aromatic ring is 1. The van der Waals surface area contributed by atoms with Crippen LogP contribution in [0.4, 0.5) is 11.6 Å². The highest BCUT2D eigenvalue weighted by Crippen LogP contribution is 2.23. The first-order valence-electron chi connectivity index (χ1n) is 6.37. The van der Waals surface area contributed by atoms with Gasteiger partial charge in [-0.3, -0.25) is 0 Å². The number of nitrogens with two attached hydrogens (primary N) is 1. The van der Waals surface area contributed by atoms with E-state index in [0.717, 1.165) is 5.56 Å². The molecule has 0 saturated heterocycles. The molecular weight excluding hydrogens is 292 g/mol. The molecule has 1 aromatic heterocycles. The van der Waals surface area contributed by atoms with E-state index >= 15 is 0 Å². The molecule has 1 aromatic carbocycles. The van der Waals surface area contributed by atoms with Crippen molar-refractivity contribution in [3.8, 4) is 0 Å². The fourth-order valence-electron chi connectivity index (χ4n) is 1.67. The van der Waals surface area contributed by atoms with E-state index in [4.69, 9.17) is 22.1 Å². The Morgan fingerprint density at radius 1 is 1.33 bits per heavy atom. The zero-order valence-electron chi connectivity index (χ0n) is 11.5. The van der Waals surface area contributed by atoms with Crippen molar-refractivity contribution >= 4 is 29.2 Å². The second kappa shape index (κ2) is 6.90. The Morgan fingerprint density at radius 2 is 2.05 bits per heavy atom. The molecule has 110 valence electrons. The van der Waals surface area contributed by atoms with Gasteiger partial charge < -0.3 is 15.8 Å². The Kier molecular flexibility index (Phi) is 4.94. The summed E-state index contributed by atoms with van der Waals surface area (Å²) in [4.78, 5) is 19.3. The fraction of sp³-hybridized carbons (Fsp3) is 0.214. The lowest BCUT2D eigenvalue weighted by Gasteiger charge is -2.08. The predicted molar refractivity (Wildman–Crippen MR) is 81.2 cm³/mol. The molecule has 0 aliphatic rings. The minimum absolute atomic E-state index is 0.229. The average Bonchev–Trinajstić information content (AvgIpc) is 2.49. The molecule has 0 amide bonds. The first-order chi connectivity index (χ1) is 10.1. The lowest BCUT2D eigenvalue weighted by atomic mass is 10.1. The number of nitrogens with one attached hydrogen (secondary N) is 1. The third-order valence-electron chi connectivity index (χ3n) is 2.74. The number of halogens is 1. The second-order valence-electron chi connectivity index (χ2n) is 4.19. The van der Waals surface area contributed by atoms with Crippen molar-refractivity contribution in [2.75, 3.05) is 17.7 Å². The van der Waals surface area contributed by atoms with E-state index in [2.05, 4.69) is 15.3 Å². The zero-order valence-corrected chi connectivity index (χ0v) is 12.2. The van der Waals surface area contributed by atoms with Crippen LogP contribution in [0, 0.1) is 0 Å². The number of carbonyl (C=O) groups is 1. The summed E-state index contributed by atoms with van der Waals surface area (Å²) in [5, 5.41) is 3.36. The van der Waals surface area contributed by atoms with Crippen LogP contribution in [0.15, 0.2) is 30.6 Å². The van der Waals surface area contributed by atoms with Crippen LogP contribution < -0.4 is 11.1 Å². The molecule has 0 aliphatic carbocycles. The maximum atomic E-state index is 11.5. The molecule has 7 heteroatoms. The van der Waals surface area contributed by atoms with E-state index in [1.54, 1.807) is 19.1 Å². The number of hydrogen-bond donors (Lipinski definition) is 2. The van der Waals surface area contributed by atoms with Crippen LogP contribution in [-0.4, -0.2) is 22.5 Å². The highest BCUT2D eigenvalue weighted by molar-refractivity contribution is 6.35. The maximum Gasteiger partial charge on any atom is 0.338 e. The Labute approximate surface area is 127 Å². The summed E-state index contributed by atoms with van der Waals surface area (Å²) in [5.74, 6) is 0.370. The Balaban J connectivity index is 2.01. The van der Waals surface area contributed by atoms with Gasteiger partial charge in [0.25, 0.3) is 0 Å². The summed E-state index contributed by atoms with van der Waals surface area (Å²) in [5.41, 5.74) is 7.08. The van der Waals surface area contributed by atoms with Crippen molar-refractivity contribution in [2.45, 2.75) is 13.5 Å². The molecule has 0 atom stereocenters. The van der Waals surface area contributed by atoms with Gasteiger partial charge in [0, 0.05) is 6.54 Å². The van der Waals surface area contributed by atoms with Gasteiger partial charge in [-0.1, -0.05) is 23.7 Å². The number of benzene rings is 1. The summed E-state index contributed by atoms with van der Waals surface area (Å²) in [6.07, 6.45) is 1.34. The van der Waals surface area contributed by atoms with E-state index < -0.39 is 0 Å². The number of nitrogens with zero attached hydrogens (tertiary/aromatic N) is 2. The van der Waals surface area contributed by atoms with Gasteiger partial charge in [-0.05, 0) is 24.6 Å². The van der Waals surface area contributed by atoms with Gasteiger partial charge in [0.05, 0.1) is 12.2 Å². The number of anilines is 2. The van der Waals surface area contributed by atoms with E-state index in [9.17, 15) is 4.79 Å². The molecule has 6 nitrogen and oxygen atoms in total. The van der Waals surface area contributed by atoms with E-state index in [1.165, 1.54) is 6.33 Å². The number of hydrogen-bond acceptors (Lipinski definition) is 6. The van der Waals surface area contributed by atoms with Gasteiger partial charge in [0.2, 0.25) is 0 Å². The van der Waals surface area contributed by atoms with Crippen LogP contribution in [0.2, 0.25) is 5.02 Å². The third-order valence-corrected chi connectivity index (χ3v) is 3.11. The van der Waals surface area contributed by atoms with Crippen LogP contribution in [0.25, 0.3) is 0 Å². The Hall–Kier alpha value is -2.34. The summed E-state index contributed by atoms with van der Waals surface area (Å²) in [6.45, 7) is 2.63. The molecule has 3 N–H and O–H groups in total. The zero-order chi connectivity index (χ0) is 15.2. The highest BCUT2D eigenvalue weighted by atomic mass is 35.5. The number of esters is 1. The Bertz CT molecular complexity index is 631. The molecule has 0 saturated carbocycles.